The third-order valence-electron chi connectivity index (χ3n) is 3.89. The summed E-state index contributed by atoms with van der Waals surface area (Å²) in [6.45, 7) is 0. The average molecular weight is 287 g/mol. The molecule has 0 radical (unpaired) electrons. The van der Waals surface area contributed by atoms with Gasteiger partial charge in [-0.15, -0.1) is 0 Å². The fraction of sp³-hybridized carbons (Fsp3) is 0.0588. The van der Waals surface area contributed by atoms with Crippen LogP contribution in [0.25, 0.3) is 16.9 Å². The molecular formula is C17H13N5. The van der Waals surface area contributed by atoms with Crippen molar-refractivity contribution < 1.29 is 0 Å². The lowest BCUT2D eigenvalue weighted by Gasteiger charge is -2.26. The molecule has 1 aliphatic heterocycles. The van der Waals surface area contributed by atoms with Crippen LogP contribution in [0.3, 0.4) is 0 Å². The summed E-state index contributed by atoms with van der Waals surface area (Å²) in [5, 5.41) is 12.9. The van der Waals surface area contributed by atoms with Crippen molar-refractivity contribution in [2.75, 3.05) is 5.32 Å². The number of anilines is 1. The quantitative estimate of drug-likeness (QED) is 0.721. The second-order valence-corrected chi connectivity index (χ2v) is 5.16. The zero-order valence-corrected chi connectivity index (χ0v) is 11.7. The van der Waals surface area contributed by atoms with Crippen LogP contribution in [0.4, 0.5) is 5.95 Å². The van der Waals surface area contributed by atoms with E-state index in [1.54, 1.807) is 4.57 Å². The maximum absolute atomic E-state index is 9.57. The van der Waals surface area contributed by atoms with Gasteiger partial charge in [-0.2, -0.15) is 5.26 Å². The maximum Gasteiger partial charge on any atom is 0.210 e. The number of nitrogens with zero attached hydrogens (tertiary/aromatic N) is 3. The minimum Gasteiger partial charge on any atom is -0.384 e. The molecule has 0 fully saturated rings. The molecule has 0 aliphatic carbocycles. The van der Waals surface area contributed by atoms with Gasteiger partial charge in [0, 0.05) is 0 Å². The first-order valence-corrected chi connectivity index (χ1v) is 6.98. The minimum atomic E-state index is -0.282. The lowest BCUT2D eigenvalue weighted by atomic mass is 9.98. The molecule has 0 spiro atoms. The number of imidazole rings is 1. The molecular weight excluding hydrogens is 274 g/mol. The Morgan fingerprint density at radius 3 is 2.59 bits per heavy atom. The van der Waals surface area contributed by atoms with Crippen molar-refractivity contribution in [2.24, 2.45) is 5.73 Å². The minimum absolute atomic E-state index is 0.282. The van der Waals surface area contributed by atoms with Crippen molar-refractivity contribution in [3.05, 3.63) is 65.7 Å². The fourth-order valence-electron chi connectivity index (χ4n) is 2.85. The van der Waals surface area contributed by atoms with Gasteiger partial charge in [0.2, 0.25) is 5.95 Å². The number of rotatable bonds is 1. The van der Waals surface area contributed by atoms with Crippen LogP contribution >= 0.6 is 0 Å². The summed E-state index contributed by atoms with van der Waals surface area (Å²) < 4.78 is 1.80. The highest BCUT2D eigenvalue weighted by molar-refractivity contribution is 5.85. The Balaban J connectivity index is 1.96. The Bertz CT molecular complexity index is 931. The van der Waals surface area contributed by atoms with Crippen LogP contribution in [0, 0.1) is 11.3 Å². The number of nitriles is 1. The number of nitrogens with two attached hydrogens (primary N) is 1. The summed E-state index contributed by atoms with van der Waals surface area (Å²) in [5.41, 5.74) is 9.50. The van der Waals surface area contributed by atoms with Crippen molar-refractivity contribution in [1.82, 2.24) is 9.55 Å². The Morgan fingerprint density at radius 2 is 1.82 bits per heavy atom. The summed E-state index contributed by atoms with van der Waals surface area (Å²) >= 11 is 0. The maximum atomic E-state index is 9.57. The van der Waals surface area contributed by atoms with Crippen LogP contribution in [-0.4, -0.2) is 9.55 Å². The van der Waals surface area contributed by atoms with E-state index in [1.165, 1.54) is 0 Å². The molecule has 22 heavy (non-hydrogen) atoms. The van der Waals surface area contributed by atoms with Gasteiger partial charge in [0.15, 0.2) is 0 Å². The van der Waals surface area contributed by atoms with Gasteiger partial charge in [-0.05, 0) is 17.7 Å². The molecule has 0 saturated carbocycles. The molecule has 0 bridgehead atoms. The summed E-state index contributed by atoms with van der Waals surface area (Å²) in [6.07, 6.45) is 0. The highest BCUT2D eigenvalue weighted by Crippen LogP contribution is 2.35. The smallest absolute Gasteiger partial charge is 0.210 e. The fourth-order valence-corrected chi connectivity index (χ4v) is 2.85. The Hall–Kier alpha value is -3.26. The number of hydrogen-bond acceptors (Lipinski definition) is 4. The lowest BCUT2D eigenvalue weighted by molar-refractivity contribution is 0.857. The van der Waals surface area contributed by atoms with Crippen molar-refractivity contribution >= 4 is 22.8 Å². The predicted octanol–water partition coefficient (Wildman–Crippen LogP) is 2.85. The van der Waals surface area contributed by atoms with Gasteiger partial charge < -0.3 is 11.1 Å². The highest BCUT2D eigenvalue weighted by Gasteiger charge is 2.29. The molecule has 5 nitrogen and oxygen atoms in total. The van der Waals surface area contributed by atoms with Crippen LogP contribution in [0.5, 0.6) is 0 Å². The summed E-state index contributed by atoms with van der Waals surface area (Å²) in [6, 6.07) is 19.5. The largest absolute Gasteiger partial charge is 0.384 e. The van der Waals surface area contributed by atoms with E-state index < -0.39 is 0 Å². The van der Waals surface area contributed by atoms with Crippen molar-refractivity contribution in [3.8, 4) is 6.07 Å². The monoisotopic (exact) mass is 287 g/mol. The van der Waals surface area contributed by atoms with Crippen molar-refractivity contribution in [3.63, 3.8) is 0 Å². The lowest BCUT2D eigenvalue weighted by Crippen LogP contribution is -2.26. The highest BCUT2D eigenvalue weighted by atomic mass is 15.3. The van der Waals surface area contributed by atoms with Gasteiger partial charge in [-0.25, -0.2) is 4.98 Å². The zero-order chi connectivity index (χ0) is 15.1. The van der Waals surface area contributed by atoms with Crippen molar-refractivity contribution in [2.45, 2.75) is 6.04 Å². The van der Waals surface area contributed by atoms with E-state index >= 15 is 0 Å². The molecule has 2 aromatic carbocycles. The Kier molecular flexibility index (Phi) is 2.63. The first kappa shape index (κ1) is 12.5. The van der Waals surface area contributed by atoms with E-state index in [0.29, 0.717) is 17.3 Å². The second-order valence-electron chi connectivity index (χ2n) is 5.16. The van der Waals surface area contributed by atoms with Gasteiger partial charge in [-0.3, -0.25) is 4.57 Å². The number of fused-ring (bicyclic) bond motifs is 3. The van der Waals surface area contributed by atoms with Crippen molar-refractivity contribution in [1.29, 1.82) is 5.26 Å². The third-order valence-corrected chi connectivity index (χ3v) is 3.89. The van der Waals surface area contributed by atoms with E-state index in [9.17, 15) is 5.26 Å². The third kappa shape index (κ3) is 1.68. The van der Waals surface area contributed by atoms with Gasteiger partial charge in [0.1, 0.15) is 11.9 Å². The standard InChI is InChI=1S/C17H13N5/c18-10-12-15(11-6-2-1-3-7-11)21-17-20-13-8-4-5-9-14(13)22(17)16(12)19/h1-9,15H,19H2,(H,20,21)/t15-/m1/s1. The number of para-hydroxylation sites is 2. The van der Waals surface area contributed by atoms with E-state index in [1.807, 2.05) is 54.6 Å². The van der Waals surface area contributed by atoms with E-state index in [0.717, 1.165) is 16.6 Å². The average Bonchev–Trinajstić information content (AvgIpc) is 2.94. The molecule has 1 aliphatic rings. The topological polar surface area (TPSA) is 79.7 Å². The van der Waals surface area contributed by atoms with Crippen LogP contribution in [0.1, 0.15) is 11.6 Å². The number of hydrogen-bond donors (Lipinski definition) is 2. The zero-order valence-electron chi connectivity index (χ0n) is 11.7. The molecule has 106 valence electrons. The molecule has 2 heterocycles. The van der Waals surface area contributed by atoms with Crippen LogP contribution in [0.2, 0.25) is 0 Å². The normalized spacial score (nSPS) is 17.0. The van der Waals surface area contributed by atoms with Gasteiger partial charge in [0.05, 0.1) is 22.6 Å². The summed E-state index contributed by atoms with van der Waals surface area (Å²) in [5.74, 6) is 1.09. The number of benzene rings is 2. The van der Waals surface area contributed by atoms with Crippen LogP contribution in [-0.2, 0) is 0 Å². The molecule has 0 saturated heterocycles. The van der Waals surface area contributed by atoms with Crippen LogP contribution in [0.15, 0.2) is 60.2 Å². The Morgan fingerprint density at radius 1 is 1.09 bits per heavy atom. The molecule has 1 aromatic heterocycles. The van der Waals surface area contributed by atoms with E-state index in [4.69, 9.17) is 5.73 Å². The Labute approximate surface area is 127 Å². The molecule has 3 N–H and O–H groups in total. The van der Waals surface area contributed by atoms with E-state index in [2.05, 4.69) is 16.4 Å². The molecule has 0 unspecified atom stereocenters. The molecule has 0 amide bonds. The second kappa shape index (κ2) is 4.64. The van der Waals surface area contributed by atoms with Crippen LogP contribution < -0.4 is 11.1 Å². The molecule has 4 rings (SSSR count). The predicted molar refractivity (Wildman–Crippen MR) is 85.6 cm³/mol. The van der Waals surface area contributed by atoms with Gasteiger partial charge in [-0.1, -0.05) is 42.5 Å². The number of nitrogens with one attached hydrogen (secondary N) is 1. The molecule has 1 atom stereocenters. The molecule has 5 heteroatoms. The first-order chi connectivity index (χ1) is 10.8. The SMILES string of the molecule is N#CC1=C(N)n2c(nc3ccccc32)N[C@@H]1c1ccccc1. The van der Waals surface area contributed by atoms with Gasteiger partial charge >= 0.3 is 0 Å². The van der Waals surface area contributed by atoms with Gasteiger partial charge in [0.25, 0.3) is 0 Å². The summed E-state index contributed by atoms with van der Waals surface area (Å²) in [7, 11) is 0. The van der Waals surface area contributed by atoms with E-state index in [-0.39, 0.29) is 6.04 Å². The number of aromatic nitrogens is 2. The summed E-state index contributed by atoms with van der Waals surface area (Å²) in [4.78, 5) is 4.58. The molecule has 3 aromatic rings. The first-order valence-electron chi connectivity index (χ1n) is 6.98.